The number of anilines is 1. The van der Waals surface area contributed by atoms with Crippen molar-refractivity contribution in [3.05, 3.63) is 88.2 Å². The second kappa shape index (κ2) is 8.46. The highest BCUT2D eigenvalue weighted by Crippen LogP contribution is 2.22. The summed E-state index contributed by atoms with van der Waals surface area (Å²) in [5.74, 6) is 1.40. The third-order valence-corrected chi connectivity index (χ3v) is 4.82. The Kier molecular flexibility index (Phi) is 5.58. The second-order valence-electron chi connectivity index (χ2n) is 6.66. The van der Waals surface area contributed by atoms with Crippen molar-refractivity contribution in [3.8, 4) is 17.4 Å². The summed E-state index contributed by atoms with van der Waals surface area (Å²) < 4.78 is 8.40. The first-order valence-corrected chi connectivity index (χ1v) is 9.99. The molecule has 0 spiro atoms. The van der Waals surface area contributed by atoms with Gasteiger partial charge in [-0.1, -0.05) is 15.9 Å². The molecule has 0 aliphatic heterocycles. The number of carbonyl (C=O) groups excluding carboxylic acids is 1. The van der Waals surface area contributed by atoms with Crippen molar-refractivity contribution in [1.29, 1.82) is 0 Å². The average Bonchev–Trinajstić information content (AvgIpc) is 3.08. The summed E-state index contributed by atoms with van der Waals surface area (Å²) in [6, 6.07) is 19.7. The number of nitrogens with zero attached hydrogens (tertiary/aromatic N) is 4. The zero-order valence-corrected chi connectivity index (χ0v) is 17.9. The summed E-state index contributed by atoms with van der Waals surface area (Å²) in [5, 5.41) is 15.5. The van der Waals surface area contributed by atoms with Gasteiger partial charge in [0.2, 0.25) is 5.88 Å². The minimum absolute atomic E-state index is 0.179. The topological polar surface area (TPSA) is 81.9 Å². The Morgan fingerprint density at radius 3 is 2.30 bits per heavy atom. The Labute approximate surface area is 181 Å². The fourth-order valence-corrected chi connectivity index (χ4v) is 3.14. The smallest absolute Gasteiger partial charge is 0.255 e. The molecule has 0 atom stereocenters. The van der Waals surface area contributed by atoms with Crippen LogP contribution in [0.25, 0.3) is 5.82 Å². The third-order valence-electron chi connectivity index (χ3n) is 4.29. The van der Waals surface area contributed by atoms with Gasteiger partial charge in [-0.05, 0) is 74.5 Å². The van der Waals surface area contributed by atoms with Crippen LogP contribution in [0.1, 0.15) is 21.7 Å². The quantitative estimate of drug-likeness (QED) is 0.445. The lowest BCUT2D eigenvalue weighted by atomic mass is 10.2. The minimum Gasteiger partial charge on any atom is -0.438 e. The number of hydrogen-bond donors (Lipinski definition) is 1. The summed E-state index contributed by atoms with van der Waals surface area (Å²) >= 11 is 3.36. The van der Waals surface area contributed by atoms with Gasteiger partial charge in [-0.15, -0.1) is 10.2 Å². The highest BCUT2D eigenvalue weighted by Gasteiger charge is 2.08. The summed E-state index contributed by atoms with van der Waals surface area (Å²) in [7, 11) is 0. The van der Waals surface area contributed by atoms with Gasteiger partial charge in [-0.2, -0.15) is 5.10 Å². The lowest BCUT2D eigenvalue weighted by molar-refractivity contribution is 0.102. The number of amides is 1. The maximum Gasteiger partial charge on any atom is 0.255 e. The second-order valence-corrected chi connectivity index (χ2v) is 7.57. The van der Waals surface area contributed by atoms with Crippen molar-refractivity contribution in [3.63, 3.8) is 0 Å². The normalized spacial score (nSPS) is 10.6. The van der Waals surface area contributed by atoms with E-state index >= 15 is 0 Å². The van der Waals surface area contributed by atoms with Crippen molar-refractivity contribution in [2.45, 2.75) is 13.8 Å². The molecule has 0 radical (unpaired) electrons. The molecule has 150 valence electrons. The van der Waals surface area contributed by atoms with Gasteiger partial charge in [-0.3, -0.25) is 4.79 Å². The Hall–Kier alpha value is -3.52. The standard InChI is InChI=1S/C22H18BrN5O2/c1-14-13-15(2)28(27-14)20-11-12-21(26-25-20)30-19-9-7-18(8-10-19)24-22(29)16-3-5-17(23)6-4-16/h3-13H,1-2H3,(H,24,29). The van der Waals surface area contributed by atoms with Crippen LogP contribution in [0, 0.1) is 13.8 Å². The lowest BCUT2D eigenvalue weighted by Gasteiger charge is -2.08. The number of aromatic nitrogens is 4. The number of carbonyl (C=O) groups is 1. The van der Waals surface area contributed by atoms with E-state index in [0.717, 1.165) is 15.9 Å². The van der Waals surface area contributed by atoms with Crippen LogP contribution < -0.4 is 10.1 Å². The van der Waals surface area contributed by atoms with Crippen LogP contribution in [-0.4, -0.2) is 25.9 Å². The Balaban J connectivity index is 1.40. The molecule has 0 aliphatic rings. The van der Waals surface area contributed by atoms with E-state index in [1.165, 1.54) is 0 Å². The number of halogens is 1. The van der Waals surface area contributed by atoms with Crippen LogP contribution in [0.15, 0.2) is 71.2 Å². The summed E-state index contributed by atoms with van der Waals surface area (Å²) in [6.45, 7) is 3.89. The fraction of sp³-hybridized carbons (Fsp3) is 0.0909. The van der Waals surface area contributed by atoms with E-state index in [4.69, 9.17) is 4.74 Å². The number of benzene rings is 2. The molecule has 0 unspecified atom stereocenters. The van der Waals surface area contributed by atoms with Gasteiger partial charge in [0.15, 0.2) is 5.82 Å². The van der Waals surface area contributed by atoms with Crippen molar-refractivity contribution in [1.82, 2.24) is 20.0 Å². The first-order valence-electron chi connectivity index (χ1n) is 9.20. The first kappa shape index (κ1) is 19.8. The molecule has 2 aromatic heterocycles. The number of rotatable bonds is 5. The maximum absolute atomic E-state index is 12.3. The largest absolute Gasteiger partial charge is 0.438 e. The van der Waals surface area contributed by atoms with Crippen LogP contribution in [0.4, 0.5) is 5.69 Å². The third kappa shape index (κ3) is 4.55. The molecule has 0 bridgehead atoms. The molecule has 1 N–H and O–H groups in total. The maximum atomic E-state index is 12.3. The Morgan fingerprint density at radius 1 is 0.967 bits per heavy atom. The van der Waals surface area contributed by atoms with Gasteiger partial charge < -0.3 is 10.1 Å². The average molecular weight is 464 g/mol. The summed E-state index contributed by atoms with van der Waals surface area (Å²) in [6.07, 6.45) is 0. The molecule has 30 heavy (non-hydrogen) atoms. The van der Waals surface area contributed by atoms with E-state index in [1.807, 2.05) is 32.0 Å². The predicted octanol–water partition coefficient (Wildman–Crippen LogP) is 5.09. The molecule has 2 aromatic carbocycles. The van der Waals surface area contributed by atoms with Crippen molar-refractivity contribution in [2.24, 2.45) is 0 Å². The Bertz CT molecular complexity index is 1170. The molecule has 0 saturated heterocycles. The first-order chi connectivity index (χ1) is 14.5. The van der Waals surface area contributed by atoms with E-state index in [1.54, 1.807) is 53.2 Å². The van der Waals surface area contributed by atoms with Crippen LogP contribution in [0.2, 0.25) is 0 Å². The van der Waals surface area contributed by atoms with Crippen LogP contribution in [0.5, 0.6) is 11.6 Å². The van der Waals surface area contributed by atoms with Gasteiger partial charge >= 0.3 is 0 Å². The molecule has 8 heteroatoms. The molecular weight excluding hydrogens is 446 g/mol. The lowest BCUT2D eigenvalue weighted by Crippen LogP contribution is -2.11. The Morgan fingerprint density at radius 2 is 1.70 bits per heavy atom. The molecule has 0 fully saturated rings. The van der Waals surface area contributed by atoms with Gasteiger partial charge in [0.25, 0.3) is 5.91 Å². The molecule has 4 aromatic rings. The summed E-state index contributed by atoms with van der Waals surface area (Å²) in [4.78, 5) is 12.3. The molecule has 2 heterocycles. The van der Waals surface area contributed by atoms with Crippen LogP contribution in [-0.2, 0) is 0 Å². The number of aryl methyl sites for hydroxylation is 2. The van der Waals surface area contributed by atoms with Crippen molar-refractivity contribution in [2.75, 3.05) is 5.32 Å². The van der Waals surface area contributed by atoms with Gasteiger partial charge in [0, 0.05) is 27.5 Å². The molecule has 4 rings (SSSR count). The van der Waals surface area contributed by atoms with Crippen LogP contribution in [0.3, 0.4) is 0 Å². The summed E-state index contributed by atoms with van der Waals surface area (Å²) in [5.41, 5.74) is 3.15. The van der Waals surface area contributed by atoms with Gasteiger partial charge in [-0.25, -0.2) is 4.68 Å². The van der Waals surface area contributed by atoms with E-state index in [-0.39, 0.29) is 5.91 Å². The van der Waals surface area contributed by atoms with E-state index in [9.17, 15) is 4.79 Å². The monoisotopic (exact) mass is 463 g/mol. The molecule has 1 amide bonds. The minimum atomic E-state index is -0.179. The highest BCUT2D eigenvalue weighted by molar-refractivity contribution is 9.10. The van der Waals surface area contributed by atoms with E-state index in [0.29, 0.717) is 28.7 Å². The van der Waals surface area contributed by atoms with E-state index in [2.05, 4.69) is 36.5 Å². The number of hydrogen-bond acceptors (Lipinski definition) is 5. The molecule has 0 aliphatic carbocycles. The van der Waals surface area contributed by atoms with E-state index < -0.39 is 0 Å². The van der Waals surface area contributed by atoms with Gasteiger partial charge in [0.05, 0.1) is 5.69 Å². The molecular formula is C22H18BrN5O2. The van der Waals surface area contributed by atoms with Crippen LogP contribution >= 0.6 is 15.9 Å². The zero-order valence-electron chi connectivity index (χ0n) is 16.3. The number of nitrogens with one attached hydrogen (secondary N) is 1. The predicted molar refractivity (Wildman–Crippen MR) is 117 cm³/mol. The van der Waals surface area contributed by atoms with Gasteiger partial charge in [0.1, 0.15) is 5.75 Å². The number of ether oxygens (including phenoxy) is 1. The molecule has 7 nitrogen and oxygen atoms in total. The zero-order chi connectivity index (χ0) is 21.1. The highest BCUT2D eigenvalue weighted by atomic mass is 79.9. The SMILES string of the molecule is Cc1cc(C)n(-c2ccc(Oc3ccc(NC(=O)c4ccc(Br)cc4)cc3)nn2)n1. The molecule has 0 saturated carbocycles. The van der Waals surface area contributed by atoms with Crippen molar-refractivity contribution < 1.29 is 9.53 Å². The fourth-order valence-electron chi connectivity index (χ4n) is 2.87. The van der Waals surface area contributed by atoms with Crippen molar-refractivity contribution >= 4 is 27.5 Å².